The first-order valence-electron chi connectivity index (χ1n) is 4.67. The second-order valence-electron chi connectivity index (χ2n) is 3.62. The van der Waals surface area contributed by atoms with Gasteiger partial charge in [0.05, 0.1) is 0 Å². The van der Waals surface area contributed by atoms with Gasteiger partial charge < -0.3 is 5.32 Å². The molecule has 0 saturated carbocycles. The van der Waals surface area contributed by atoms with E-state index in [0.29, 0.717) is 12.5 Å². The molecule has 1 saturated heterocycles. The van der Waals surface area contributed by atoms with E-state index in [-0.39, 0.29) is 5.78 Å². The topological polar surface area (TPSA) is 29.1 Å². The van der Waals surface area contributed by atoms with Crippen molar-refractivity contribution in [3.8, 4) is 0 Å². The number of allylic oxidation sites excluding steroid dienone is 2. The molecule has 0 aliphatic carbocycles. The maximum Gasteiger partial charge on any atom is 0.157 e. The van der Waals surface area contributed by atoms with Crippen LogP contribution in [0.3, 0.4) is 0 Å². The number of carbonyl (C=O) groups is 1. The van der Waals surface area contributed by atoms with E-state index in [4.69, 9.17) is 0 Å². The molecule has 0 aromatic carbocycles. The molecule has 74 valence electrons. The first kappa shape index (κ1) is 10.8. The van der Waals surface area contributed by atoms with Gasteiger partial charge in [-0.3, -0.25) is 4.79 Å². The van der Waals surface area contributed by atoms with Crippen molar-refractivity contribution >= 4 is 17.5 Å². The van der Waals surface area contributed by atoms with Gasteiger partial charge in [0.25, 0.3) is 0 Å². The molecule has 0 aromatic rings. The van der Waals surface area contributed by atoms with Crippen molar-refractivity contribution in [3.63, 3.8) is 0 Å². The third-order valence-corrected chi connectivity index (χ3v) is 3.03. The van der Waals surface area contributed by atoms with E-state index in [1.807, 2.05) is 25.6 Å². The average molecular weight is 199 g/mol. The summed E-state index contributed by atoms with van der Waals surface area (Å²) in [6.07, 6.45) is 2.39. The zero-order chi connectivity index (χ0) is 9.68. The summed E-state index contributed by atoms with van der Waals surface area (Å²) in [4.78, 5) is 11.4. The molecule has 13 heavy (non-hydrogen) atoms. The van der Waals surface area contributed by atoms with Gasteiger partial charge in [0.2, 0.25) is 0 Å². The van der Waals surface area contributed by atoms with Crippen LogP contribution in [0.25, 0.3) is 0 Å². The summed E-state index contributed by atoms with van der Waals surface area (Å²) in [6, 6.07) is 0.391. The molecule has 1 N–H and O–H groups in total. The Hall–Kier alpha value is -0.280. The Bertz CT molecular complexity index is 203. The maximum absolute atomic E-state index is 11.4. The smallest absolute Gasteiger partial charge is 0.157 e. The van der Waals surface area contributed by atoms with Crippen LogP contribution in [0.5, 0.6) is 0 Å². The highest BCUT2D eigenvalue weighted by Gasteiger charge is 2.14. The van der Waals surface area contributed by atoms with Gasteiger partial charge in [-0.2, -0.15) is 11.8 Å². The molecule has 3 heteroatoms. The lowest BCUT2D eigenvalue weighted by Crippen LogP contribution is -2.38. The molecule has 1 unspecified atom stereocenters. The number of thioether (sulfide) groups is 1. The van der Waals surface area contributed by atoms with Gasteiger partial charge in [-0.1, -0.05) is 5.57 Å². The number of hydrogen-bond acceptors (Lipinski definition) is 3. The van der Waals surface area contributed by atoms with E-state index in [9.17, 15) is 4.79 Å². The molecule has 1 aliphatic rings. The van der Waals surface area contributed by atoms with Gasteiger partial charge in [-0.05, 0) is 19.9 Å². The minimum absolute atomic E-state index is 0.250. The average Bonchev–Trinajstić information content (AvgIpc) is 2.04. The van der Waals surface area contributed by atoms with Crippen LogP contribution < -0.4 is 5.32 Å². The van der Waals surface area contributed by atoms with Gasteiger partial charge in [-0.15, -0.1) is 0 Å². The summed E-state index contributed by atoms with van der Waals surface area (Å²) in [6.45, 7) is 4.96. The predicted octanol–water partition coefficient (Wildman–Crippen LogP) is 1.62. The van der Waals surface area contributed by atoms with Crippen LogP contribution in [0.2, 0.25) is 0 Å². The fraction of sp³-hybridized carbons (Fsp3) is 0.700. The zero-order valence-corrected chi connectivity index (χ0v) is 9.12. The number of ketones is 1. The predicted molar refractivity (Wildman–Crippen MR) is 58.2 cm³/mol. The molecule has 0 aromatic heterocycles. The molecule has 0 amide bonds. The molecule has 1 heterocycles. The standard InChI is InChI=1S/C10H17NOS/c1-8(2)5-10(12)6-9-7-13-4-3-11-9/h5,9,11H,3-4,6-7H2,1-2H3. The van der Waals surface area contributed by atoms with Gasteiger partial charge in [0.1, 0.15) is 0 Å². The maximum atomic E-state index is 11.4. The Morgan fingerprint density at radius 1 is 1.62 bits per heavy atom. The third-order valence-electron chi connectivity index (χ3n) is 1.90. The summed E-state index contributed by atoms with van der Waals surface area (Å²) < 4.78 is 0. The van der Waals surface area contributed by atoms with Crippen LogP contribution in [0.1, 0.15) is 20.3 Å². The molecule has 1 fully saturated rings. The molecule has 2 nitrogen and oxygen atoms in total. The number of rotatable bonds is 3. The van der Waals surface area contributed by atoms with Crippen molar-refractivity contribution < 1.29 is 4.79 Å². The Morgan fingerprint density at radius 3 is 2.92 bits per heavy atom. The minimum atomic E-state index is 0.250. The van der Waals surface area contributed by atoms with Crippen LogP contribution in [-0.2, 0) is 4.79 Å². The van der Waals surface area contributed by atoms with E-state index in [0.717, 1.165) is 17.9 Å². The van der Waals surface area contributed by atoms with Crippen LogP contribution in [-0.4, -0.2) is 29.9 Å². The molecular weight excluding hydrogens is 182 g/mol. The Balaban J connectivity index is 2.30. The van der Waals surface area contributed by atoms with Crippen LogP contribution in [0, 0.1) is 0 Å². The van der Waals surface area contributed by atoms with Crippen molar-refractivity contribution in [1.82, 2.24) is 5.32 Å². The lowest BCUT2D eigenvalue weighted by Gasteiger charge is -2.21. The van der Waals surface area contributed by atoms with E-state index in [1.165, 1.54) is 5.75 Å². The molecule has 0 spiro atoms. The van der Waals surface area contributed by atoms with Crippen LogP contribution >= 0.6 is 11.8 Å². The van der Waals surface area contributed by atoms with Crippen molar-refractivity contribution in [2.45, 2.75) is 26.3 Å². The first-order valence-corrected chi connectivity index (χ1v) is 5.83. The fourth-order valence-electron chi connectivity index (χ4n) is 1.37. The van der Waals surface area contributed by atoms with E-state index in [1.54, 1.807) is 6.08 Å². The number of carbonyl (C=O) groups excluding carboxylic acids is 1. The first-order chi connectivity index (χ1) is 6.18. The molecule has 1 rings (SSSR count). The van der Waals surface area contributed by atoms with E-state index < -0.39 is 0 Å². The van der Waals surface area contributed by atoms with Crippen LogP contribution in [0.15, 0.2) is 11.6 Å². The lowest BCUT2D eigenvalue weighted by atomic mass is 10.1. The Kier molecular flexibility index (Phi) is 4.53. The quantitative estimate of drug-likeness (QED) is 0.700. The summed E-state index contributed by atoms with van der Waals surface area (Å²) in [5.74, 6) is 2.50. The zero-order valence-electron chi connectivity index (χ0n) is 8.30. The third kappa shape index (κ3) is 4.48. The Labute approximate surface area is 84.2 Å². The van der Waals surface area contributed by atoms with Crippen molar-refractivity contribution in [2.24, 2.45) is 0 Å². The number of hydrogen-bond donors (Lipinski definition) is 1. The molecule has 0 radical (unpaired) electrons. The summed E-state index contributed by atoms with van der Waals surface area (Å²) >= 11 is 1.93. The molecule has 1 atom stereocenters. The fourth-order valence-corrected chi connectivity index (χ4v) is 2.32. The molecule has 1 aliphatic heterocycles. The monoisotopic (exact) mass is 199 g/mol. The van der Waals surface area contributed by atoms with Gasteiger partial charge >= 0.3 is 0 Å². The van der Waals surface area contributed by atoms with E-state index in [2.05, 4.69) is 5.32 Å². The van der Waals surface area contributed by atoms with Crippen molar-refractivity contribution in [3.05, 3.63) is 11.6 Å². The highest BCUT2D eigenvalue weighted by atomic mass is 32.2. The summed E-state index contributed by atoms with van der Waals surface area (Å²) in [7, 11) is 0. The Morgan fingerprint density at radius 2 is 2.38 bits per heavy atom. The van der Waals surface area contributed by atoms with Gasteiger partial charge in [-0.25, -0.2) is 0 Å². The normalized spacial score (nSPS) is 22.5. The molecular formula is C10H17NOS. The highest BCUT2D eigenvalue weighted by Crippen LogP contribution is 2.10. The van der Waals surface area contributed by atoms with Crippen molar-refractivity contribution in [2.75, 3.05) is 18.1 Å². The summed E-state index contributed by atoms with van der Waals surface area (Å²) in [5, 5.41) is 3.35. The second kappa shape index (κ2) is 5.45. The van der Waals surface area contributed by atoms with Gasteiger partial charge in [0.15, 0.2) is 5.78 Å². The summed E-state index contributed by atoms with van der Waals surface area (Å²) in [5.41, 5.74) is 1.09. The highest BCUT2D eigenvalue weighted by molar-refractivity contribution is 7.99. The van der Waals surface area contributed by atoms with E-state index >= 15 is 0 Å². The lowest BCUT2D eigenvalue weighted by molar-refractivity contribution is -0.115. The minimum Gasteiger partial charge on any atom is -0.312 e. The second-order valence-corrected chi connectivity index (χ2v) is 4.77. The number of nitrogens with one attached hydrogen (secondary N) is 1. The van der Waals surface area contributed by atoms with Gasteiger partial charge in [0, 0.05) is 30.5 Å². The SMILES string of the molecule is CC(C)=CC(=O)CC1CSCCN1. The van der Waals surface area contributed by atoms with Crippen molar-refractivity contribution in [1.29, 1.82) is 0 Å². The largest absolute Gasteiger partial charge is 0.312 e. The molecule has 0 bridgehead atoms. The van der Waals surface area contributed by atoms with Crippen LogP contribution in [0.4, 0.5) is 0 Å².